The Bertz CT molecular complexity index is 1020. The molecule has 2 aromatic heterocycles. The van der Waals surface area contributed by atoms with Gasteiger partial charge in [0.15, 0.2) is 0 Å². The van der Waals surface area contributed by atoms with Crippen molar-refractivity contribution in [2.75, 3.05) is 7.05 Å². The lowest BCUT2D eigenvalue weighted by molar-refractivity contribution is 0.314. The fourth-order valence-electron chi connectivity index (χ4n) is 3.11. The summed E-state index contributed by atoms with van der Waals surface area (Å²) in [6.07, 6.45) is 1.75. The molecule has 26 heavy (non-hydrogen) atoms. The van der Waals surface area contributed by atoms with E-state index in [9.17, 15) is 0 Å². The average molecular weight is 363 g/mol. The molecule has 4 nitrogen and oxygen atoms in total. The van der Waals surface area contributed by atoms with Crippen molar-refractivity contribution < 1.29 is 4.42 Å². The SMILES string of the molecule is Cc1ccc(-c2nc(CN(C)Cc3nc4ccccc4s3)co2)c(C)c1. The number of hydrogen-bond donors (Lipinski definition) is 0. The highest BCUT2D eigenvalue weighted by Crippen LogP contribution is 2.25. The molecule has 2 aromatic carbocycles. The molecule has 0 saturated heterocycles. The number of para-hydroxylation sites is 1. The van der Waals surface area contributed by atoms with E-state index in [0.29, 0.717) is 5.89 Å². The number of rotatable bonds is 5. The Morgan fingerprint density at radius 3 is 2.69 bits per heavy atom. The fraction of sp³-hybridized carbons (Fsp3) is 0.238. The van der Waals surface area contributed by atoms with Crippen LogP contribution in [0.1, 0.15) is 21.8 Å². The highest BCUT2D eigenvalue weighted by atomic mass is 32.1. The van der Waals surface area contributed by atoms with E-state index >= 15 is 0 Å². The van der Waals surface area contributed by atoms with E-state index in [0.717, 1.165) is 34.9 Å². The molecule has 5 heteroatoms. The molecule has 132 valence electrons. The fourth-order valence-corrected chi connectivity index (χ4v) is 4.16. The van der Waals surface area contributed by atoms with Crippen LogP contribution in [-0.4, -0.2) is 21.9 Å². The number of hydrogen-bond acceptors (Lipinski definition) is 5. The summed E-state index contributed by atoms with van der Waals surface area (Å²) >= 11 is 1.74. The first-order valence-corrected chi connectivity index (χ1v) is 9.45. The zero-order chi connectivity index (χ0) is 18.1. The average Bonchev–Trinajstić information content (AvgIpc) is 3.20. The molecule has 0 N–H and O–H groups in total. The normalized spacial score (nSPS) is 11.5. The first-order valence-electron chi connectivity index (χ1n) is 8.63. The van der Waals surface area contributed by atoms with Crippen LogP contribution >= 0.6 is 11.3 Å². The van der Waals surface area contributed by atoms with Gasteiger partial charge >= 0.3 is 0 Å². The van der Waals surface area contributed by atoms with E-state index in [4.69, 9.17) is 9.40 Å². The lowest BCUT2D eigenvalue weighted by atomic mass is 10.1. The van der Waals surface area contributed by atoms with Gasteiger partial charge in [-0.2, -0.15) is 0 Å². The zero-order valence-electron chi connectivity index (χ0n) is 15.2. The lowest BCUT2D eigenvalue weighted by Crippen LogP contribution is -2.17. The van der Waals surface area contributed by atoms with Crippen LogP contribution in [0.25, 0.3) is 21.7 Å². The van der Waals surface area contributed by atoms with Crippen molar-refractivity contribution >= 4 is 21.6 Å². The van der Waals surface area contributed by atoms with Gasteiger partial charge in [0.25, 0.3) is 0 Å². The summed E-state index contributed by atoms with van der Waals surface area (Å²) in [5.41, 5.74) is 5.48. The summed E-state index contributed by atoms with van der Waals surface area (Å²) in [6.45, 7) is 5.70. The van der Waals surface area contributed by atoms with Crippen molar-refractivity contribution in [3.8, 4) is 11.5 Å². The zero-order valence-corrected chi connectivity index (χ0v) is 16.0. The van der Waals surface area contributed by atoms with Crippen molar-refractivity contribution in [2.45, 2.75) is 26.9 Å². The molecule has 0 spiro atoms. The van der Waals surface area contributed by atoms with E-state index in [1.807, 2.05) is 6.07 Å². The molecule has 4 aromatic rings. The van der Waals surface area contributed by atoms with Crippen LogP contribution in [0.3, 0.4) is 0 Å². The predicted octanol–water partition coefficient (Wildman–Crippen LogP) is 5.20. The Kier molecular flexibility index (Phi) is 4.57. The molecular weight excluding hydrogens is 342 g/mol. The van der Waals surface area contributed by atoms with Gasteiger partial charge in [-0.25, -0.2) is 9.97 Å². The van der Waals surface area contributed by atoms with Crippen LogP contribution in [-0.2, 0) is 13.1 Å². The summed E-state index contributed by atoms with van der Waals surface area (Å²) in [5.74, 6) is 0.686. The topological polar surface area (TPSA) is 42.2 Å². The third-order valence-corrected chi connectivity index (χ3v) is 5.36. The monoisotopic (exact) mass is 363 g/mol. The first-order chi connectivity index (χ1) is 12.6. The van der Waals surface area contributed by atoms with Crippen LogP contribution in [0.4, 0.5) is 0 Å². The highest BCUT2D eigenvalue weighted by molar-refractivity contribution is 7.18. The first kappa shape index (κ1) is 16.9. The smallest absolute Gasteiger partial charge is 0.226 e. The molecule has 2 heterocycles. The van der Waals surface area contributed by atoms with Gasteiger partial charge in [-0.05, 0) is 44.7 Å². The molecule has 0 fully saturated rings. The Hall–Kier alpha value is -2.50. The predicted molar refractivity (Wildman–Crippen MR) is 106 cm³/mol. The number of fused-ring (bicyclic) bond motifs is 1. The van der Waals surface area contributed by atoms with Gasteiger partial charge in [-0.3, -0.25) is 4.90 Å². The summed E-state index contributed by atoms with van der Waals surface area (Å²) in [5, 5.41) is 1.12. The minimum atomic E-state index is 0.686. The van der Waals surface area contributed by atoms with Gasteiger partial charge < -0.3 is 4.42 Å². The van der Waals surface area contributed by atoms with Gasteiger partial charge in [0.05, 0.1) is 22.5 Å². The third kappa shape index (κ3) is 3.54. The van der Waals surface area contributed by atoms with Crippen LogP contribution < -0.4 is 0 Å². The number of benzene rings is 2. The quantitative estimate of drug-likeness (QED) is 0.489. The number of aryl methyl sites for hydroxylation is 2. The summed E-state index contributed by atoms with van der Waals surface area (Å²) < 4.78 is 6.95. The maximum atomic E-state index is 5.72. The van der Waals surface area contributed by atoms with Crippen molar-refractivity contribution in [1.29, 1.82) is 0 Å². The Labute approximate surface area is 157 Å². The number of thiazole rings is 1. The summed E-state index contributed by atoms with van der Waals surface area (Å²) in [7, 11) is 2.08. The van der Waals surface area contributed by atoms with E-state index in [2.05, 4.69) is 67.2 Å². The second-order valence-electron chi connectivity index (χ2n) is 6.71. The second kappa shape index (κ2) is 7.02. The number of oxazole rings is 1. The minimum absolute atomic E-state index is 0.686. The molecule has 0 amide bonds. The molecule has 0 atom stereocenters. The molecule has 0 aliphatic rings. The Balaban J connectivity index is 1.46. The molecule has 0 aliphatic carbocycles. The maximum absolute atomic E-state index is 5.72. The van der Waals surface area contributed by atoms with Crippen LogP contribution in [0, 0.1) is 13.8 Å². The largest absolute Gasteiger partial charge is 0.444 e. The Morgan fingerprint density at radius 2 is 1.88 bits per heavy atom. The van der Waals surface area contributed by atoms with Gasteiger partial charge in [-0.15, -0.1) is 11.3 Å². The van der Waals surface area contributed by atoms with E-state index in [1.54, 1.807) is 17.6 Å². The standard InChI is InChI=1S/C21H21N3OS/c1-14-8-9-17(15(2)10-14)21-22-16(13-25-21)11-24(3)12-20-23-18-6-4-5-7-19(18)26-20/h4-10,13H,11-12H2,1-3H3. The lowest BCUT2D eigenvalue weighted by Gasteiger charge is -2.12. The molecular formula is C21H21N3OS. The highest BCUT2D eigenvalue weighted by Gasteiger charge is 2.12. The third-order valence-electron chi connectivity index (χ3n) is 4.34. The van der Waals surface area contributed by atoms with Gasteiger partial charge in [0.1, 0.15) is 11.3 Å². The van der Waals surface area contributed by atoms with Crippen LogP contribution in [0.5, 0.6) is 0 Å². The van der Waals surface area contributed by atoms with Gasteiger partial charge in [0, 0.05) is 12.1 Å². The molecule has 0 unspecified atom stereocenters. The van der Waals surface area contributed by atoms with Crippen molar-refractivity contribution in [3.05, 3.63) is 70.6 Å². The molecule has 4 rings (SSSR count). The van der Waals surface area contributed by atoms with Crippen molar-refractivity contribution in [3.63, 3.8) is 0 Å². The van der Waals surface area contributed by atoms with E-state index < -0.39 is 0 Å². The summed E-state index contributed by atoms with van der Waals surface area (Å²) in [6, 6.07) is 14.6. The van der Waals surface area contributed by atoms with Gasteiger partial charge in [-0.1, -0.05) is 29.8 Å². The second-order valence-corrected chi connectivity index (χ2v) is 7.83. The molecule has 0 saturated carbocycles. The van der Waals surface area contributed by atoms with Gasteiger partial charge in [0.2, 0.25) is 5.89 Å². The molecule has 0 aliphatic heterocycles. The molecule has 0 bridgehead atoms. The van der Waals surface area contributed by atoms with Crippen LogP contribution in [0.2, 0.25) is 0 Å². The number of aromatic nitrogens is 2. The molecule has 0 radical (unpaired) electrons. The maximum Gasteiger partial charge on any atom is 0.226 e. The minimum Gasteiger partial charge on any atom is -0.444 e. The van der Waals surface area contributed by atoms with E-state index in [-0.39, 0.29) is 0 Å². The van der Waals surface area contributed by atoms with Crippen LogP contribution in [0.15, 0.2) is 53.1 Å². The van der Waals surface area contributed by atoms with E-state index in [1.165, 1.54) is 15.8 Å². The summed E-state index contributed by atoms with van der Waals surface area (Å²) in [4.78, 5) is 11.6. The van der Waals surface area contributed by atoms with Crippen molar-refractivity contribution in [2.24, 2.45) is 0 Å². The van der Waals surface area contributed by atoms with Crippen molar-refractivity contribution in [1.82, 2.24) is 14.9 Å². The number of nitrogens with zero attached hydrogens (tertiary/aromatic N) is 3. The Morgan fingerprint density at radius 1 is 1.04 bits per heavy atom.